The first-order valence-corrected chi connectivity index (χ1v) is 5.06. The van der Waals surface area contributed by atoms with Crippen molar-refractivity contribution in [3.05, 3.63) is 29.8 Å². The summed E-state index contributed by atoms with van der Waals surface area (Å²) in [6.45, 7) is 3.77. The van der Waals surface area contributed by atoms with Crippen LogP contribution in [0.2, 0.25) is 0 Å². The Morgan fingerprint density at radius 1 is 1.25 bits per heavy atom. The minimum absolute atomic E-state index is 0.0102. The third-order valence-corrected chi connectivity index (χ3v) is 2.30. The number of carbonyl (C=O) groups is 1. The lowest BCUT2D eigenvalue weighted by molar-refractivity contribution is 0.0939. The molecule has 0 unspecified atom stereocenters. The first kappa shape index (κ1) is 10.5. The summed E-state index contributed by atoms with van der Waals surface area (Å²) in [7, 11) is 0. The number of Topliss-reactive ketones (excluding diaryl/α,β-unsaturated/α-hetero) is 1. The molecule has 0 bridgehead atoms. The molecule has 5 nitrogen and oxygen atoms in total. The van der Waals surface area contributed by atoms with Gasteiger partial charge in [-0.1, -0.05) is 38.1 Å². The molecule has 0 saturated heterocycles. The van der Waals surface area contributed by atoms with Gasteiger partial charge in [0.05, 0.1) is 0 Å². The van der Waals surface area contributed by atoms with E-state index in [9.17, 15) is 4.79 Å². The molecule has 0 atom stereocenters. The summed E-state index contributed by atoms with van der Waals surface area (Å²) in [5.41, 5.74) is 1.55. The maximum Gasteiger partial charge on any atom is 0.204 e. The van der Waals surface area contributed by atoms with Crippen molar-refractivity contribution in [3.63, 3.8) is 0 Å². The lowest BCUT2D eigenvalue weighted by Crippen LogP contribution is -2.06. The number of nitrogens with one attached hydrogen (secondary N) is 1. The predicted molar refractivity (Wildman–Crippen MR) is 58.8 cm³/mol. The molecule has 0 aliphatic heterocycles. The first-order valence-electron chi connectivity index (χ1n) is 5.06. The van der Waals surface area contributed by atoms with Gasteiger partial charge in [-0.2, -0.15) is 5.21 Å². The Bertz CT molecular complexity index is 473. The largest absolute Gasteiger partial charge is 0.294 e. The Labute approximate surface area is 92.9 Å². The summed E-state index contributed by atoms with van der Waals surface area (Å²) in [4.78, 5) is 11.7. The van der Waals surface area contributed by atoms with Gasteiger partial charge in [0.15, 0.2) is 5.78 Å². The Hall–Kier alpha value is -2.04. The summed E-state index contributed by atoms with van der Waals surface area (Å²) in [5.74, 6) is 0.680. The highest BCUT2D eigenvalue weighted by Crippen LogP contribution is 2.15. The van der Waals surface area contributed by atoms with Crippen molar-refractivity contribution < 1.29 is 4.79 Å². The van der Waals surface area contributed by atoms with E-state index in [2.05, 4.69) is 20.6 Å². The smallest absolute Gasteiger partial charge is 0.204 e. The molecule has 1 aromatic carbocycles. The fourth-order valence-corrected chi connectivity index (χ4v) is 1.40. The Morgan fingerprint density at radius 3 is 2.44 bits per heavy atom. The van der Waals surface area contributed by atoms with Crippen molar-refractivity contribution >= 4 is 5.78 Å². The van der Waals surface area contributed by atoms with Crippen molar-refractivity contribution in [3.8, 4) is 11.4 Å². The molecule has 0 amide bonds. The number of carbonyl (C=O) groups excluding carboxylic acids is 1. The predicted octanol–water partition coefficient (Wildman–Crippen LogP) is 1.71. The van der Waals surface area contributed by atoms with Crippen LogP contribution in [0.1, 0.15) is 24.2 Å². The van der Waals surface area contributed by atoms with Crippen molar-refractivity contribution in [1.29, 1.82) is 0 Å². The molecule has 0 saturated carbocycles. The van der Waals surface area contributed by atoms with E-state index >= 15 is 0 Å². The van der Waals surface area contributed by atoms with Gasteiger partial charge in [-0.15, -0.1) is 10.2 Å². The molecule has 0 radical (unpaired) electrons. The van der Waals surface area contributed by atoms with Crippen molar-refractivity contribution in [2.75, 3.05) is 0 Å². The number of nitrogens with zero attached hydrogens (tertiary/aromatic N) is 3. The number of benzene rings is 1. The average molecular weight is 216 g/mol. The number of H-pyrrole nitrogens is 1. The lowest BCUT2D eigenvalue weighted by Gasteiger charge is -2.03. The van der Waals surface area contributed by atoms with Crippen LogP contribution in [-0.2, 0) is 0 Å². The lowest BCUT2D eigenvalue weighted by atomic mass is 10.00. The van der Waals surface area contributed by atoms with Crippen LogP contribution in [0, 0.1) is 5.92 Å². The van der Waals surface area contributed by atoms with E-state index in [1.165, 1.54) is 0 Å². The van der Waals surface area contributed by atoms with Crippen LogP contribution in [-0.4, -0.2) is 26.4 Å². The second-order valence-corrected chi connectivity index (χ2v) is 3.83. The molecule has 16 heavy (non-hydrogen) atoms. The van der Waals surface area contributed by atoms with E-state index in [4.69, 9.17) is 0 Å². The monoisotopic (exact) mass is 216 g/mol. The van der Waals surface area contributed by atoms with Crippen LogP contribution < -0.4 is 0 Å². The number of hydrogen-bond donors (Lipinski definition) is 1. The van der Waals surface area contributed by atoms with E-state index in [-0.39, 0.29) is 11.7 Å². The van der Waals surface area contributed by atoms with Gasteiger partial charge in [0.1, 0.15) is 0 Å². The van der Waals surface area contributed by atoms with Gasteiger partial charge in [0, 0.05) is 17.0 Å². The molecule has 2 rings (SSSR count). The molecule has 1 aromatic heterocycles. The summed E-state index contributed by atoms with van der Waals surface area (Å²) >= 11 is 0. The zero-order valence-electron chi connectivity index (χ0n) is 9.14. The van der Waals surface area contributed by atoms with Crippen LogP contribution in [0.25, 0.3) is 11.4 Å². The van der Waals surface area contributed by atoms with Gasteiger partial charge in [0.2, 0.25) is 5.82 Å². The van der Waals surface area contributed by atoms with E-state index in [0.717, 1.165) is 5.56 Å². The molecule has 2 aromatic rings. The van der Waals surface area contributed by atoms with Crippen molar-refractivity contribution in [2.45, 2.75) is 13.8 Å². The van der Waals surface area contributed by atoms with Crippen LogP contribution in [0.4, 0.5) is 0 Å². The molecule has 0 fully saturated rings. The molecule has 0 aliphatic rings. The molecule has 5 heteroatoms. The maximum absolute atomic E-state index is 11.7. The topological polar surface area (TPSA) is 71.5 Å². The number of aromatic amines is 1. The van der Waals surface area contributed by atoms with E-state index in [0.29, 0.717) is 11.4 Å². The zero-order valence-corrected chi connectivity index (χ0v) is 9.14. The summed E-state index contributed by atoms with van der Waals surface area (Å²) < 4.78 is 0. The van der Waals surface area contributed by atoms with E-state index < -0.39 is 0 Å². The van der Waals surface area contributed by atoms with Gasteiger partial charge in [-0.25, -0.2) is 0 Å². The number of ketones is 1. The number of rotatable bonds is 3. The van der Waals surface area contributed by atoms with Crippen molar-refractivity contribution in [2.24, 2.45) is 5.92 Å². The van der Waals surface area contributed by atoms with E-state index in [1.54, 1.807) is 12.1 Å². The highest BCUT2D eigenvalue weighted by Gasteiger charge is 2.10. The van der Waals surface area contributed by atoms with Crippen molar-refractivity contribution in [1.82, 2.24) is 20.6 Å². The fourth-order valence-electron chi connectivity index (χ4n) is 1.40. The Kier molecular flexibility index (Phi) is 2.76. The maximum atomic E-state index is 11.7. The van der Waals surface area contributed by atoms with Gasteiger partial charge < -0.3 is 0 Å². The second kappa shape index (κ2) is 4.22. The molecule has 0 spiro atoms. The zero-order chi connectivity index (χ0) is 11.5. The van der Waals surface area contributed by atoms with Crippen LogP contribution >= 0.6 is 0 Å². The van der Waals surface area contributed by atoms with Crippen LogP contribution in [0.15, 0.2) is 24.3 Å². The number of aromatic nitrogens is 4. The van der Waals surface area contributed by atoms with Gasteiger partial charge in [-0.3, -0.25) is 4.79 Å². The summed E-state index contributed by atoms with van der Waals surface area (Å²) in [6, 6.07) is 7.21. The minimum Gasteiger partial charge on any atom is -0.294 e. The fraction of sp³-hybridized carbons (Fsp3) is 0.273. The first-order chi connectivity index (χ1) is 7.68. The highest BCUT2D eigenvalue weighted by atomic mass is 16.1. The number of hydrogen-bond acceptors (Lipinski definition) is 4. The third-order valence-electron chi connectivity index (χ3n) is 2.30. The van der Waals surface area contributed by atoms with Crippen LogP contribution in [0.3, 0.4) is 0 Å². The van der Waals surface area contributed by atoms with Gasteiger partial charge >= 0.3 is 0 Å². The summed E-state index contributed by atoms with van der Waals surface area (Å²) in [6.07, 6.45) is 0. The molecule has 82 valence electrons. The van der Waals surface area contributed by atoms with E-state index in [1.807, 2.05) is 26.0 Å². The highest BCUT2D eigenvalue weighted by molar-refractivity contribution is 5.97. The Morgan fingerprint density at radius 2 is 1.94 bits per heavy atom. The second-order valence-electron chi connectivity index (χ2n) is 3.83. The number of tetrazole rings is 1. The Balaban J connectivity index is 2.27. The molecule has 1 heterocycles. The molecular weight excluding hydrogens is 204 g/mol. The standard InChI is InChI=1S/C11H12N4O/c1-7(2)10(16)8-3-5-9(6-4-8)11-12-14-15-13-11/h3-7H,1-2H3,(H,12,13,14,15). The quantitative estimate of drug-likeness (QED) is 0.793. The minimum atomic E-state index is 0.0102. The van der Waals surface area contributed by atoms with Gasteiger partial charge in [0.25, 0.3) is 0 Å². The SMILES string of the molecule is CC(C)C(=O)c1ccc(-c2nn[nH]n2)cc1. The molecule has 1 N–H and O–H groups in total. The molecular formula is C11H12N4O. The summed E-state index contributed by atoms with van der Waals surface area (Å²) in [5, 5.41) is 13.6. The average Bonchev–Trinajstić information content (AvgIpc) is 2.81. The molecule has 0 aliphatic carbocycles. The van der Waals surface area contributed by atoms with Crippen LogP contribution in [0.5, 0.6) is 0 Å². The third kappa shape index (κ3) is 1.98. The normalized spacial score (nSPS) is 10.7. The van der Waals surface area contributed by atoms with Gasteiger partial charge in [-0.05, 0) is 5.21 Å².